The highest BCUT2D eigenvalue weighted by atomic mass is 16.2. The van der Waals surface area contributed by atoms with Gasteiger partial charge in [-0.1, -0.05) is 5.21 Å². The van der Waals surface area contributed by atoms with Crippen LogP contribution in [0.15, 0.2) is 18.5 Å². The third-order valence-electron chi connectivity index (χ3n) is 3.28. The van der Waals surface area contributed by atoms with Gasteiger partial charge in [-0.2, -0.15) is 5.10 Å². The van der Waals surface area contributed by atoms with Gasteiger partial charge in [0.15, 0.2) is 5.69 Å². The number of nitrogens with zero attached hydrogens (tertiary/aromatic N) is 5. The highest BCUT2D eigenvalue weighted by Gasteiger charge is 2.22. The van der Waals surface area contributed by atoms with Crippen molar-refractivity contribution in [2.75, 3.05) is 18.4 Å². The first kappa shape index (κ1) is 12.8. The number of rotatable bonds is 4. The molecular weight excluding hydrogens is 258 g/mol. The molecule has 0 unspecified atom stereocenters. The van der Waals surface area contributed by atoms with E-state index < -0.39 is 0 Å². The Morgan fingerprint density at radius 3 is 2.95 bits per heavy atom. The van der Waals surface area contributed by atoms with Gasteiger partial charge in [-0.15, -0.1) is 5.10 Å². The van der Waals surface area contributed by atoms with E-state index in [-0.39, 0.29) is 11.9 Å². The lowest BCUT2D eigenvalue weighted by atomic mass is 10.2. The predicted octanol–water partition coefficient (Wildman–Crippen LogP) is 0.452. The first-order valence-corrected chi connectivity index (χ1v) is 6.62. The molecule has 0 saturated carbocycles. The topological polar surface area (TPSA) is 89.7 Å². The maximum absolute atomic E-state index is 12.1. The average molecular weight is 275 g/mol. The zero-order chi connectivity index (χ0) is 14.1. The third kappa shape index (κ3) is 2.29. The summed E-state index contributed by atoms with van der Waals surface area (Å²) >= 11 is 0. The SMILES string of the molecule is CC(C)n1nccc1NC(=O)c1cn(C2CNC2)nn1. The summed E-state index contributed by atoms with van der Waals surface area (Å²) in [5.41, 5.74) is 0.313. The number of amides is 1. The van der Waals surface area contributed by atoms with Gasteiger partial charge in [0.25, 0.3) is 5.91 Å². The van der Waals surface area contributed by atoms with Gasteiger partial charge < -0.3 is 10.6 Å². The maximum atomic E-state index is 12.1. The van der Waals surface area contributed by atoms with Gasteiger partial charge in [0.1, 0.15) is 5.82 Å². The molecule has 1 saturated heterocycles. The minimum atomic E-state index is -0.272. The molecule has 2 aromatic heterocycles. The fourth-order valence-electron chi connectivity index (χ4n) is 2.02. The van der Waals surface area contributed by atoms with Gasteiger partial charge in [-0.05, 0) is 13.8 Å². The monoisotopic (exact) mass is 275 g/mol. The van der Waals surface area contributed by atoms with E-state index in [1.54, 1.807) is 27.8 Å². The molecule has 0 bridgehead atoms. The summed E-state index contributed by atoms with van der Waals surface area (Å²) in [5.74, 6) is 0.385. The average Bonchev–Trinajstić information content (AvgIpc) is 2.95. The normalized spacial score (nSPS) is 15.3. The van der Waals surface area contributed by atoms with Gasteiger partial charge in [-0.25, -0.2) is 9.36 Å². The second-order valence-electron chi connectivity index (χ2n) is 5.10. The molecule has 1 fully saturated rings. The van der Waals surface area contributed by atoms with Crippen LogP contribution in [0.4, 0.5) is 5.82 Å². The fraction of sp³-hybridized carbons (Fsp3) is 0.500. The first-order chi connectivity index (χ1) is 9.65. The fourth-order valence-corrected chi connectivity index (χ4v) is 2.02. The van der Waals surface area contributed by atoms with Crippen molar-refractivity contribution < 1.29 is 4.79 Å². The summed E-state index contributed by atoms with van der Waals surface area (Å²) in [7, 11) is 0. The zero-order valence-electron chi connectivity index (χ0n) is 11.4. The molecule has 8 nitrogen and oxygen atoms in total. The smallest absolute Gasteiger partial charge is 0.278 e. The molecule has 0 aliphatic carbocycles. The molecule has 3 heterocycles. The van der Waals surface area contributed by atoms with E-state index in [4.69, 9.17) is 0 Å². The number of hydrogen-bond acceptors (Lipinski definition) is 5. The van der Waals surface area contributed by atoms with Gasteiger partial charge in [0.2, 0.25) is 0 Å². The number of nitrogens with one attached hydrogen (secondary N) is 2. The highest BCUT2D eigenvalue weighted by molar-refractivity contribution is 6.02. The van der Waals surface area contributed by atoms with E-state index in [2.05, 4.69) is 26.0 Å². The Balaban J connectivity index is 1.72. The maximum Gasteiger partial charge on any atom is 0.278 e. The van der Waals surface area contributed by atoms with Crippen LogP contribution in [0, 0.1) is 0 Å². The van der Waals surface area contributed by atoms with Gasteiger partial charge >= 0.3 is 0 Å². The summed E-state index contributed by atoms with van der Waals surface area (Å²) < 4.78 is 3.48. The van der Waals surface area contributed by atoms with Crippen LogP contribution in [0.1, 0.15) is 36.4 Å². The van der Waals surface area contributed by atoms with Crippen molar-refractivity contribution >= 4 is 11.7 Å². The highest BCUT2D eigenvalue weighted by Crippen LogP contribution is 2.14. The number of carbonyl (C=O) groups is 1. The van der Waals surface area contributed by atoms with Crippen molar-refractivity contribution in [3.05, 3.63) is 24.2 Å². The molecule has 106 valence electrons. The minimum absolute atomic E-state index is 0.178. The molecular formula is C12H17N7O. The van der Waals surface area contributed by atoms with Crippen molar-refractivity contribution in [2.24, 2.45) is 0 Å². The van der Waals surface area contributed by atoms with E-state index >= 15 is 0 Å². The predicted molar refractivity (Wildman–Crippen MR) is 72.5 cm³/mol. The first-order valence-electron chi connectivity index (χ1n) is 6.62. The Bertz CT molecular complexity index is 611. The van der Waals surface area contributed by atoms with E-state index in [1.807, 2.05) is 13.8 Å². The molecule has 2 N–H and O–H groups in total. The van der Waals surface area contributed by atoms with Crippen molar-refractivity contribution in [1.29, 1.82) is 0 Å². The Morgan fingerprint density at radius 2 is 2.30 bits per heavy atom. The van der Waals surface area contributed by atoms with Crippen LogP contribution in [0.3, 0.4) is 0 Å². The molecule has 1 amide bonds. The summed E-state index contributed by atoms with van der Waals surface area (Å²) in [6, 6.07) is 2.24. The molecule has 20 heavy (non-hydrogen) atoms. The van der Waals surface area contributed by atoms with Gasteiger partial charge in [0, 0.05) is 25.2 Å². The standard InChI is InChI=1S/C12H17N7O/c1-8(2)19-11(3-4-14-19)15-12(20)10-7-18(17-16-10)9-5-13-6-9/h3-4,7-9,13H,5-6H2,1-2H3,(H,15,20). The number of carbonyl (C=O) groups excluding carboxylic acids is 1. The van der Waals surface area contributed by atoms with Crippen molar-refractivity contribution in [2.45, 2.75) is 25.9 Å². The lowest BCUT2D eigenvalue weighted by Gasteiger charge is -2.26. The third-order valence-corrected chi connectivity index (χ3v) is 3.28. The van der Waals surface area contributed by atoms with Crippen LogP contribution in [-0.2, 0) is 0 Å². The number of anilines is 1. The van der Waals surface area contributed by atoms with Crippen LogP contribution in [-0.4, -0.2) is 43.8 Å². The molecule has 0 aromatic carbocycles. The lowest BCUT2D eigenvalue weighted by Crippen LogP contribution is -2.43. The molecule has 0 spiro atoms. The number of hydrogen-bond donors (Lipinski definition) is 2. The Hall–Kier alpha value is -2.22. The van der Waals surface area contributed by atoms with E-state index in [0.29, 0.717) is 17.6 Å². The summed E-state index contributed by atoms with van der Waals surface area (Å²) in [6.07, 6.45) is 3.34. The molecule has 8 heteroatoms. The second kappa shape index (κ2) is 5.04. The number of aromatic nitrogens is 5. The molecule has 3 rings (SSSR count). The van der Waals surface area contributed by atoms with Crippen molar-refractivity contribution in [3.8, 4) is 0 Å². The van der Waals surface area contributed by atoms with Crippen LogP contribution in [0.2, 0.25) is 0 Å². The van der Waals surface area contributed by atoms with Crippen molar-refractivity contribution in [3.63, 3.8) is 0 Å². The van der Waals surface area contributed by atoms with E-state index in [1.165, 1.54) is 0 Å². The van der Waals surface area contributed by atoms with Gasteiger partial charge in [-0.3, -0.25) is 4.79 Å². The largest absolute Gasteiger partial charge is 0.312 e. The molecule has 1 aliphatic rings. The van der Waals surface area contributed by atoms with Crippen LogP contribution < -0.4 is 10.6 Å². The summed E-state index contributed by atoms with van der Waals surface area (Å²) in [4.78, 5) is 12.1. The van der Waals surface area contributed by atoms with Gasteiger partial charge in [0.05, 0.1) is 18.4 Å². The molecule has 0 atom stereocenters. The van der Waals surface area contributed by atoms with Crippen molar-refractivity contribution in [1.82, 2.24) is 30.1 Å². The second-order valence-corrected chi connectivity index (χ2v) is 5.10. The van der Waals surface area contributed by atoms with E-state index in [9.17, 15) is 4.79 Å². The lowest BCUT2D eigenvalue weighted by molar-refractivity contribution is 0.102. The van der Waals surface area contributed by atoms with Crippen LogP contribution >= 0.6 is 0 Å². The summed E-state index contributed by atoms with van der Waals surface area (Å²) in [5, 5.41) is 18.0. The Labute approximate surface area is 116 Å². The van der Waals surface area contributed by atoms with E-state index in [0.717, 1.165) is 13.1 Å². The minimum Gasteiger partial charge on any atom is -0.312 e. The summed E-state index contributed by atoms with van der Waals surface area (Å²) in [6.45, 7) is 5.74. The quantitative estimate of drug-likeness (QED) is 0.845. The van der Waals surface area contributed by atoms with Crippen LogP contribution in [0.5, 0.6) is 0 Å². The molecule has 1 aliphatic heterocycles. The van der Waals surface area contributed by atoms with Crippen LogP contribution in [0.25, 0.3) is 0 Å². The Kier molecular flexibility index (Phi) is 3.23. The molecule has 0 radical (unpaired) electrons. The molecule has 2 aromatic rings. The Morgan fingerprint density at radius 1 is 1.50 bits per heavy atom. The zero-order valence-corrected chi connectivity index (χ0v) is 11.4.